The number of hydrogen-bond acceptors (Lipinski definition) is 9. The van der Waals surface area contributed by atoms with E-state index in [1.54, 1.807) is 13.0 Å². The quantitative estimate of drug-likeness (QED) is 0.184. The number of diazo groups is 1. The molecule has 0 saturated carbocycles. The van der Waals surface area contributed by atoms with Crippen molar-refractivity contribution < 1.29 is 27.2 Å². The molecular weight excluding hydrogens is 418 g/mol. The summed E-state index contributed by atoms with van der Waals surface area (Å²) in [7, 11) is -3.42. The van der Waals surface area contributed by atoms with Crippen molar-refractivity contribution in [3.05, 3.63) is 56.0 Å². The van der Waals surface area contributed by atoms with E-state index in [2.05, 4.69) is 15.2 Å². The van der Waals surface area contributed by atoms with Crippen LogP contribution in [-0.2, 0) is 10.4 Å². The van der Waals surface area contributed by atoms with Gasteiger partial charge in [-0.1, -0.05) is 11.6 Å². The molecule has 0 aliphatic carbocycles. The lowest BCUT2D eigenvalue weighted by molar-refractivity contribution is -0.384. The molecule has 14 heteroatoms. The summed E-state index contributed by atoms with van der Waals surface area (Å²) in [6.07, 6.45) is 0. The fourth-order valence-electron chi connectivity index (χ4n) is 1.84. The van der Waals surface area contributed by atoms with E-state index < -0.39 is 15.3 Å². The minimum atomic E-state index is -4.92. The topological polar surface area (TPSA) is 183 Å². The van der Waals surface area contributed by atoms with E-state index >= 15 is 0 Å². The molecule has 0 radical (unpaired) electrons. The highest BCUT2D eigenvalue weighted by Crippen LogP contribution is 2.37. The molecule has 148 valence electrons. The van der Waals surface area contributed by atoms with Crippen molar-refractivity contribution in [2.45, 2.75) is 6.92 Å². The van der Waals surface area contributed by atoms with Crippen molar-refractivity contribution in [1.29, 1.82) is 5.39 Å². The third-order valence-electron chi connectivity index (χ3n) is 3.01. The van der Waals surface area contributed by atoms with Crippen molar-refractivity contribution in [2.24, 2.45) is 10.2 Å². The number of nitro groups is 1. The number of aryl methyl sites for hydroxylation is 1. The van der Waals surface area contributed by atoms with Crippen LogP contribution in [0.15, 0.2) is 40.6 Å². The van der Waals surface area contributed by atoms with Crippen molar-refractivity contribution in [3.63, 3.8) is 0 Å². The number of methoxy groups -OCH3 is 1. The van der Waals surface area contributed by atoms with E-state index in [0.29, 0.717) is 11.4 Å². The molecule has 2 aromatic carbocycles. The molecule has 2 aromatic rings. The number of nitro benzene ring substituents is 1. The van der Waals surface area contributed by atoms with Crippen LogP contribution >= 0.6 is 11.6 Å². The van der Waals surface area contributed by atoms with Gasteiger partial charge >= 0.3 is 5.69 Å². The molecule has 0 fully saturated rings. The highest BCUT2D eigenvalue weighted by atomic mass is 35.5. The number of hydrogen-bond donors (Lipinski definition) is 1. The molecule has 0 aromatic heterocycles. The standard InChI is InChI=1S/C14H11ClN5O3.H2O4S/c1-8-5-13(12(17-16)7-14(8)23-2)19-18-11-4-3-9(20(21)22)6-10(11)15;1-5(2,3)4/h3-7H,1-2H3;(H2,1,2,3,4)/q+1;/p-1. The van der Waals surface area contributed by atoms with Crippen LogP contribution in [0.4, 0.5) is 22.7 Å². The first-order valence-electron chi connectivity index (χ1n) is 7.04. The predicted octanol–water partition coefficient (Wildman–Crippen LogP) is 4.47. The van der Waals surface area contributed by atoms with Gasteiger partial charge in [-0.3, -0.25) is 14.7 Å². The van der Waals surface area contributed by atoms with Gasteiger partial charge in [0.15, 0.2) is 10.7 Å². The Bertz CT molecular complexity index is 1060. The third-order valence-corrected chi connectivity index (χ3v) is 3.31. The predicted molar refractivity (Wildman–Crippen MR) is 97.1 cm³/mol. The summed E-state index contributed by atoms with van der Waals surface area (Å²) < 4.78 is 38.0. The lowest BCUT2D eigenvalue weighted by Crippen LogP contribution is -1.90. The molecule has 0 unspecified atom stereocenters. The van der Waals surface area contributed by atoms with Gasteiger partial charge in [-0.25, -0.2) is 8.42 Å². The average Bonchev–Trinajstić information content (AvgIpc) is 2.59. The van der Waals surface area contributed by atoms with Gasteiger partial charge in [-0.15, -0.1) is 10.2 Å². The van der Waals surface area contributed by atoms with Gasteiger partial charge in [0.1, 0.15) is 11.4 Å². The van der Waals surface area contributed by atoms with Crippen LogP contribution in [0.3, 0.4) is 0 Å². The maximum Gasteiger partial charge on any atom is 0.415 e. The molecule has 0 bridgehead atoms. The van der Waals surface area contributed by atoms with Crippen LogP contribution in [0.2, 0.25) is 5.02 Å². The minimum Gasteiger partial charge on any atom is -0.726 e. The van der Waals surface area contributed by atoms with E-state index in [9.17, 15) is 10.1 Å². The largest absolute Gasteiger partial charge is 0.726 e. The number of benzene rings is 2. The first-order valence-corrected chi connectivity index (χ1v) is 8.78. The maximum atomic E-state index is 10.7. The zero-order valence-corrected chi connectivity index (χ0v) is 15.9. The molecule has 1 N–H and O–H groups in total. The average molecular weight is 430 g/mol. The highest BCUT2D eigenvalue weighted by molar-refractivity contribution is 7.79. The fourth-order valence-corrected chi connectivity index (χ4v) is 2.05. The summed E-state index contributed by atoms with van der Waals surface area (Å²) in [5.41, 5.74) is 1.38. The zero-order valence-electron chi connectivity index (χ0n) is 14.3. The minimum absolute atomic E-state index is 0.0932. The Morgan fingerprint density at radius 2 is 1.82 bits per heavy atom. The molecule has 0 amide bonds. The molecule has 0 atom stereocenters. The summed E-state index contributed by atoms with van der Waals surface area (Å²) in [6.45, 7) is 1.80. The van der Waals surface area contributed by atoms with Gasteiger partial charge in [-0.2, -0.15) is 0 Å². The highest BCUT2D eigenvalue weighted by Gasteiger charge is 2.18. The number of halogens is 1. The molecule has 0 spiro atoms. The first-order chi connectivity index (χ1) is 13.0. The van der Waals surface area contributed by atoms with Crippen molar-refractivity contribution in [2.75, 3.05) is 7.11 Å². The first kappa shape index (κ1) is 22.9. The van der Waals surface area contributed by atoms with Gasteiger partial charge in [0.25, 0.3) is 5.69 Å². The summed E-state index contributed by atoms with van der Waals surface area (Å²) in [5, 5.41) is 27.7. The molecule has 2 rings (SSSR count). The molecule has 28 heavy (non-hydrogen) atoms. The van der Waals surface area contributed by atoms with Crippen LogP contribution in [0, 0.1) is 22.4 Å². The summed E-state index contributed by atoms with van der Waals surface area (Å²) in [4.78, 5) is 13.2. The van der Waals surface area contributed by atoms with E-state index in [-0.39, 0.29) is 22.1 Å². The van der Waals surface area contributed by atoms with E-state index in [4.69, 9.17) is 39.3 Å². The van der Waals surface area contributed by atoms with Gasteiger partial charge in [0.2, 0.25) is 15.8 Å². The second-order valence-electron chi connectivity index (χ2n) is 4.93. The Balaban J connectivity index is 0.000000696. The van der Waals surface area contributed by atoms with E-state index in [1.165, 1.54) is 31.4 Å². The molecule has 0 aliphatic heterocycles. The number of azo groups is 1. The second-order valence-corrected chi connectivity index (χ2v) is 6.19. The van der Waals surface area contributed by atoms with Gasteiger partial charge in [0.05, 0.1) is 23.1 Å². The van der Waals surface area contributed by atoms with Gasteiger partial charge in [0, 0.05) is 12.1 Å². The lowest BCUT2D eigenvalue weighted by Gasteiger charge is -2.02. The lowest BCUT2D eigenvalue weighted by atomic mass is 10.2. The zero-order chi connectivity index (χ0) is 21.5. The molecular formula is C14H12ClN5O7S. The van der Waals surface area contributed by atoms with Crippen LogP contribution < -0.4 is 4.74 Å². The van der Waals surface area contributed by atoms with Crippen LogP contribution in [0.25, 0.3) is 4.98 Å². The Labute approximate surface area is 163 Å². The number of rotatable bonds is 4. The SMILES string of the molecule is COc1cc([N+]#N)c(N=Nc2ccc([N+](=O)[O-])cc2Cl)cc1C.O=S(=O)([O-])O. The van der Waals surface area contributed by atoms with Crippen LogP contribution in [-0.4, -0.2) is 29.6 Å². The number of ether oxygens (including phenoxy) is 1. The second kappa shape index (κ2) is 9.67. The van der Waals surface area contributed by atoms with Gasteiger partial charge in [-0.05, 0) is 24.6 Å². The molecule has 0 heterocycles. The Morgan fingerprint density at radius 3 is 2.29 bits per heavy atom. The van der Waals surface area contributed by atoms with Gasteiger partial charge < -0.3 is 9.29 Å². The van der Waals surface area contributed by atoms with Crippen molar-refractivity contribution in [1.82, 2.24) is 0 Å². The van der Waals surface area contributed by atoms with Crippen LogP contribution in [0.5, 0.6) is 5.75 Å². The van der Waals surface area contributed by atoms with E-state index in [0.717, 1.165) is 5.56 Å². The Morgan fingerprint density at radius 1 is 1.25 bits per heavy atom. The number of non-ortho nitro benzene ring substituents is 1. The molecule has 12 nitrogen and oxygen atoms in total. The molecule has 0 saturated heterocycles. The normalized spacial score (nSPS) is 10.7. The van der Waals surface area contributed by atoms with E-state index in [1.807, 2.05) is 0 Å². The van der Waals surface area contributed by atoms with Crippen LogP contribution in [0.1, 0.15) is 5.56 Å². The third kappa shape index (κ3) is 7.21. The Hall–Kier alpha value is -3.18. The Kier molecular flexibility index (Phi) is 7.89. The maximum absolute atomic E-state index is 10.7. The van der Waals surface area contributed by atoms with Crippen molar-refractivity contribution >= 4 is 44.7 Å². The number of nitrogens with zero attached hydrogens (tertiary/aromatic N) is 5. The summed E-state index contributed by atoms with van der Waals surface area (Å²) >= 11 is 5.94. The monoisotopic (exact) mass is 429 g/mol. The molecule has 0 aliphatic rings. The summed E-state index contributed by atoms with van der Waals surface area (Å²) in [6, 6.07) is 7.00. The van der Waals surface area contributed by atoms with Crippen molar-refractivity contribution in [3.8, 4) is 5.75 Å². The smallest absolute Gasteiger partial charge is 0.415 e. The fraction of sp³-hybridized carbons (Fsp3) is 0.143. The summed E-state index contributed by atoms with van der Waals surface area (Å²) in [5.74, 6) is 0.546.